The van der Waals surface area contributed by atoms with Crippen molar-refractivity contribution in [2.45, 2.75) is 25.7 Å². The summed E-state index contributed by atoms with van der Waals surface area (Å²) in [5.74, 6) is 0. The second-order valence-corrected chi connectivity index (χ2v) is 6.23. The van der Waals surface area contributed by atoms with Gasteiger partial charge in [-0.3, -0.25) is 14.0 Å². The largest absolute Gasteiger partial charge is 0.269 e. The molecule has 0 N–H and O–H groups in total. The maximum absolute atomic E-state index is 13.1. The van der Waals surface area contributed by atoms with E-state index in [9.17, 15) is 4.79 Å². The molecule has 0 fully saturated rings. The van der Waals surface area contributed by atoms with Crippen molar-refractivity contribution < 1.29 is 0 Å². The number of hydrogen-bond donors (Lipinski definition) is 0. The van der Waals surface area contributed by atoms with Crippen LogP contribution < -0.4 is 5.56 Å². The molecule has 0 unspecified atom stereocenters. The molecule has 0 amide bonds. The van der Waals surface area contributed by atoms with Gasteiger partial charge in [0.2, 0.25) is 0 Å². The van der Waals surface area contributed by atoms with Gasteiger partial charge in [0.25, 0.3) is 5.56 Å². The summed E-state index contributed by atoms with van der Waals surface area (Å²) < 4.78 is 3.52. The lowest BCUT2D eigenvalue weighted by atomic mass is 9.91. The van der Waals surface area contributed by atoms with Crippen molar-refractivity contribution in [2.24, 2.45) is 7.05 Å². The molecule has 3 aromatic rings. The van der Waals surface area contributed by atoms with Gasteiger partial charge in [0.1, 0.15) is 5.65 Å². The summed E-state index contributed by atoms with van der Waals surface area (Å²) in [7, 11) is 1.87. The predicted molar refractivity (Wildman–Crippen MR) is 88.0 cm³/mol. The van der Waals surface area contributed by atoms with Crippen molar-refractivity contribution in [2.75, 3.05) is 0 Å². The molecule has 2 aromatic heterocycles. The number of aryl methyl sites for hydroxylation is 2. The molecular weight excluding hydrogens is 298 g/mol. The first kappa shape index (κ1) is 13.6. The van der Waals surface area contributed by atoms with Crippen molar-refractivity contribution >= 4 is 22.6 Å². The molecule has 2 heterocycles. The highest BCUT2D eigenvalue weighted by Crippen LogP contribution is 2.28. The van der Waals surface area contributed by atoms with Crippen LogP contribution in [0.3, 0.4) is 0 Å². The average molecular weight is 314 g/mol. The van der Waals surface area contributed by atoms with Gasteiger partial charge < -0.3 is 0 Å². The number of benzene rings is 1. The van der Waals surface area contributed by atoms with Gasteiger partial charge in [-0.1, -0.05) is 17.7 Å². The normalized spacial score (nSPS) is 14.3. The molecule has 0 aliphatic heterocycles. The minimum atomic E-state index is 0.0630. The third-order valence-corrected chi connectivity index (χ3v) is 4.67. The van der Waals surface area contributed by atoms with Crippen LogP contribution >= 0.6 is 11.6 Å². The lowest BCUT2D eigenvalue weighted by Gasteiger charge is -2.19. The summed E-state index contributed by atoms with van der Waals surface area (Å²) in [6.07, 6.45) is 5.89. The van der Waals surface area contributed by atoms with Gasteiger partial charge >= 0.3 is 0 Å². The van der Waals surface area contributed by atoms with E-state index < -0.39 is 0 Å². The summed E-state index contributed by atoms with van der Waals surface area (Å²) in [5.41, 5.74) is 3.81. The summed E-state index contributed by atoms with van der Waals surface area (Å²) >= 11 is 6.12. The first-order valence-electron chi connectivity index (χ1n) is 7.51. The third kappa shape index (κ3) is 1.91. The van der Waals surface area contributed by atoms with E-state index in [1.807, 2.05) is 37.5 Å². The molecule has 22 heavy (non-hydrogen) atoms. The summed E-state index contributed by atoms with van der Waals surface area (Å²) in [4.78, 5) is 13.1. The Balaban J connectivity index is 2.16. The number of fused-ring (bicyclic) bond motifs is 3. The Morgan fingerprint density at radius 3 is 2.73 bits per heavy atom. The van der Waals surface area contributed by atoms with Gasteiger partial charge in [0, 0.05) is 23.0 Å². The van der Waals surface area contributed by atoms with E-state index in [4.69, 9.17) is 11.6 Å². The second kappa shape index (κ2) is 4.99. The van der Waals surface area contributed by atoms with Crippen LogP contribution in [-0.4, -0.2) is 14.3 Å². The maximum Gasteiger partial charge on any atom is 0.260 e. The molecule has 0 radical (unpaired) electrons. The van der Waals surface area contributed by atoms with Crippen LogP contribution in [0, 0.1) is 0 Å². The van der Waals surface area contributed by atoms with Crippen molar-refractivity contribution in [1.29, 1.82) is 0 Å². The van der Waals surface area contributed by atoms with Crippen molar-refractivity contribution in [3.05, 3.63) is 57.0 Å². The zero-order chi connectivity index (χ0) is 15.3. The van der Waals surface area contributed by atoms with Gasteiger partial charge in [0.15, 0.2) is 0 Å². The van der Waals surface area contributed by atoms with Crippen molar-refractivity contribution in [1.82, 2.24) is 14.3 Å². The molecule has 0 atom stereocenters. The maximum atomic E-state index is 13.1. The van der Waals surface area contributed by atoms with Crippen LogP contribution in [-0.2, 0) is 19.9 Å². The fraction of sp³-hybridized carbons (Fsp3) is 0.294. The molecule has 112 valence electrons. The highest BCUT2D eigenvalue weighted by molar-refractivity contribution is 6.30. The van der Waals surface area contributed by atoms with Crippen LogP contribution in [0.15, 0.2) is 35.3 Å². The van der Waals surface area contributed by atoms with Gasteiger partial charge in [0.05, 0.1) is 11.9 Å². The molecule has 1 aliphatic carbocycles. The smallest absolute Gasteiger partial charge is 0.260 e. The lowest BCUT2D eigenvalue weighted by Crippen LogP contribution is -2.27. The number of aromatic nitrogens is 3. The standard InChI is InChI=1S/C17H16ClN3O/c1-20-16-15(10-19-20)13-7-2-3-8-14(13)17(22)21(16)12-6-4-5-11(18)9-12/h4-6,9-10H,2-3,7-8H2,1H3. The summed E-state index contributed by atoms with van der Waals surface area (Å²) in [6.45, 7) is 0. The van der Waals surface area contributed by atoms with Crippen LogP contribution in [0.25, 0.3) is 16.7 Å². The van der Waals surface area contributed by atoms with Crippen LogP contribution in [0.2, 0.25) is 5.02 Å². The van der Waals surface area contributed by atoms with Crippen molar-refractivity contribution in [3.63, 3.8) is 0 Å². The fourth-order valence-corrected chi connectivity index (χ4v) is 3.62. The second-order valence-electron chi connectivity index (χ2n) is 5.79. The minimum absolute atomic E-state index is 0.0630. The van der Waals surface area contributed by atoms with Crippen LogP contribution in [0.4, 0.5) is 0 Å². The van der Waals surface area contributed by atoms with E-state index in [2.05, 4.69) is 5.10 Å². The van der Waals surface area contributed by atoms with Gasteiger partial charge in [-0.25, -0.2) is 0 Å². The fourth-order valence-electron chi connectivity index (χ4n) is 3.43. The molecule has 5 heteroatoms. The zero-order valence-corrected chi connectivity index (χ0v) is 13.1. The monoisotopic (exact) mass is 313 g/mol. The van der Waals surface area contributed by atoms with E-state index in [1.165, 1.54) is 5.56 Å². The first-order valence-corrected chi connectivity index (χ1v) is 7.89. The number of nitrogens with zero attached hydrogens (tertiary/aromatic N) is 3. The molecule has 0 saturated carbocycles. The molecule has 0 spiro atoms. The van der Waals surface area contributed by atoms with E-state index in [0.717, 1.165) is 48.0 Å². The van der Waals surface area contributed by atoms with E-state index in [1.54, 1.807) is 9.25 Å². The third-order valence-electron chi connectivity index (χ3n) is 4.44. The Bertz CT molecular complexity index is 939. The number of pyridine rings is 1. The van der Waals surface area contributed by atoms with Crippen LogP contribution in [0.5, 0.6) is 0 Å². The molecule has 0 bridgehead atoms. The Morgan fingerprint density at radius 2 is 1.95 bits per heavy atom. The highest BCUT2D eigenvalue weighted by Gasteiger charge is 2.22. The zero-order valence-electron chi connectivity index (χ0n) is 12.3. The molecule has 1 aliphatic rings. The quantitative estimate of drug-likeness (QED) is 0.692. The van der Waals surface area contributed by atoms with Crippen LogP contribution in [0.1, 0.15) is 24.0 Å². The highest BCUT2D eigenvalue weighted by atomic mass is 35.5. The first-order chi connectivity index (χ1) is 10.7. The van der Waals surface area contributed by atoms with Gasteiger partial charge in [-0.2, -0.15) is 5.10 Å². The molecular formula is C17H16ClN3O. The Hall–Kier alpha value is -2.07. The topological polar surface area (TPSA) is 39.8 Å². The molecule has 4 nitrogen and oxygen atoms in total. The predicted octanol–water partition coefficient (Wildman–Crippen LogP) is 3.26. The minimum Gasteiger partial charge on any atom is -0.269 e. The Kier molecular flexibility index (Phi) is 3.08. The number of hydrogen-bond acceptors (Lipinski definition) is 2. The Morgan fingerprint density at radius 1 is 1.18 bits per heavy atom. The van der Waals surface area contributed by atoms with Crippen molar-refractivity contribution in [3.8, 4) is 5.69 Å². The SMILES string of the molecule is Cn1ncc2c3c(c(=O)n(-c4cccc(Cl)c4)c21)CCCC3. The summed E-state index contributed by atoms with van der Waals surface area (Å²) in [5, 5.41) is 6.08. The number of halogens is 1. The summed E-state index contributed by atoms with van der Waals surface area (Å²) in [6, 6.07) is 7.42. The molecule has 4 rings (SSSR count). The molecule has 1 aromatic carbocycles. The van der Waals surface area contributed by atoms with E-state index in [0.29, 0.717) is 5.02 Å². The molecule has 0 saturated heterocycles. The van der Waals surface area contributed by atoms with Gasteiger partial charge in [-0.05, 0) is 49.4 Å². The number of rotatable bonds is 1. The average Bonchev–Trinajstić information content (AvgIpc) is 2.90. The van der Waals surface area contributed by atoms with E-state index in [-0.39, 0.29) is 5.56 Å². The van der Waals surface area contributed by atoms with E-state index >= 15 is 0 Å². The lowest BCUT2D eigenvalue weighted by molar-refractivity contribution is 0.675. The Labute approximate surface area is 132 Å². The van der Waals surface area contributed by atoms with Gasteiger partial charge in [-0.15, -0.1) is 0 Å².